The van der Waals surface area contributed by atoms with E-state index in [9.17, 15) is 9.50 Å². The molecule has 0 amide bonds. The molecule has 2 N–H and O–H groups in total. The largest absolute Gasteiger partial charge is 0.387 e. The van der Waals surface area contributed by atoms with Crippen LogP contribution in [-0.4, -0.2) is 11.7 Å². The number of aliphatic hydroxyl groups excluding tert-OH is 1. The normalized spacial score (nSPS) is 14.2. The van der Waals surface area contributed by atoms with E-state index < -0.39 is 11.9 Å². The van der Waals surface area contributed by atoms with E-state index in [0.717, 1.165) is 5.56 Å². The summed E-state index contributed by atoms with van der Waals surface area (Å²) in [6, 6.07) is 4.39. The van der Waals surface area contributed by atoms with Crippen molar-refractivity contribution in [3.8, 4) is 0 Å². The maximum atomic E-state index is 13.5. The number of nitrogens with one attached hydrogen (secondary N) is 1. The Balaban J connectivity index is 2.02. The first-order chi connectivity index (χ1) is 9.49. The molecule has 0 fully saturated rings. The van der Waals surface area contributed by atoms with E-state index >= 15 is 0 Å². The molecular formula is C14H14Cl2FNOS. The molecule has 2 rings (SSSR count). The lowest BCUT2D eigenvalue weighted by Gasteiger charge is -2.18. The Labute approximate surface area is 131 Å². The van der Waals surface area contributed by atoms with Crippen LogP contribution < -0.4 is 5.32 Å². The quantitative estimate of drug-likeness (QED) is 0.785. The van der Waals surface area contributed by atoms with Crippen LogP contribution in [0.5, 0.6) is 0 Å². The molecule has 1 heterocycles. The van der Waals surface area contributed by atoms with Gasteiger partial charge in [-0.15, -0.1) is 0 Å². The summed E-state index contributed by atoms with van der Waals surface area (Å²) in [6.07, 6.45) is -0.598. The van der Waals surface area contributed by atoms with Crippen molar-refractivity contribution in [1.82, 2.24) is 5.32 Å². The summed E-state index contributed by atoms with van der Waals surface area (Å²) in [6.45, 7) is 2.22. The molecule has 0 aliphatic rings. The Kier molecular flexibility index (Phi) is 5.41. The Hall–Kier alpha value is -0.650. The Morgan fingerprint density at radius 3 is 2.75 bits per heavy atom. The van der Waals surface area contributed by atoms with Crippen LogP contribution in [0.1, 0.15) is 30.2 Å². The minimum atomic E-state index is -0.598. The fourth-order valence-corrected chi connectivity index (χ4v) is 3.10. The second-order valence-electron chi connectivity index (χ2n) is 4.49. The van der Waals surface area contributed by atoms with E-state index in [4.69, 9.17) is 23.2 Å². The van der Waals surface area contributed by atoms with Crippen LogP contribution in [0.2, 0.25) is 10.0 Å². The van der Waals surface area contributed by atoms with Crippen LogP contribution in [-0.2, 0) is 0 Å². The number of hydrogen-bond acceptors (Lipinski definition) is 3. The van der Waals surface area contributed by atoms with E-state index in [0.29, 0.717) is 17.1 Å². The lowest BCUT2D eigenvalue weighted by Crippen LogP contribution is -2.24. The molecule has 0 bridgehead atoms. The number of benzene rings is 1. The van der Waals surface area contributed by atoms with Gasteiger partial charge in [0.05, 0.1) is 11.1 Å². The standard InChI is InChI=1S/C14H14Cl2FNOS/c1-8(10-4-13(17)12(16)5-11(10)15)18-6-14(19)9-2-3-20-7-9/h2-5,7-8,14,18-19H,6H2,1H3. The molecule has 0 saturated heterocycles. The van der Waals surface area contributed by atoms with Crippen molar-refractivity contribution in [3.63, 3.8) is 0 Å². The monoisotopic (exact) mass is 333 g/mol. The molecule has 2 unspecified atom stereocenters. The highest BCUT2D eigenvalue weighted by Crippen LogP contribution is 2.29. The zero-order chi connectivity index (χ0) is 14.7. The van der Waals surface area contributed by atoms with Crippen LogP contribution in [0, 0.1) is 5.82 Å². The van der Waals surface area contributed by atoms with Gasteiger partial charge in [0.25, 0.3) is 0 Å². The van der Waals surface area contributed by atoms with Gasteiger partial charge in [0.2, 0.25) is 0 Å². The lowest BCUT2D eigenvalue weighted by molar-refractivity contribution is 0.171. The maximum Gasteiger partial charge on any atom is 0.142 e. The zero-order valence-electron chi connectivity index (χ0n) is 10.7. The van der Waals surface area contributed by atoms with Crippen molar-refractivity contribution in [2.45, 2.75) is 19.1 Å². The first-order valence-corrected chi connectivity index (χ1v) is 7.77. The number of aliphatic hydroxyl groups is 1. The van der Waals surface area contributed by atoms with E-state index in [1.165, 1.54) is 23.5 Å². The van der Waals surface area contributed by atoms with Crippen LogP contribution >= 0.6 is 34.5 Å². The van der Waals surface area contributed by atoms with Gasteiger partial charge in [-0.1, -0.05) is 23.2 Å². The first kappa shape index (κ1) is 15.7. The van der Waals surface area contributed by atoms with Gasteiger partial charge in [-0.25, -0.2) is 4.39 Å². The molecule has 0 radical (unpaired) electrons. The smallest absolute Gasteiger partial charge is 0.142 e. The van der Waals surface area contributed by atoms with Gasteiger partial charge in [0.1, 0.15) is 5.82 Å². The second kappa shape index (κ2) is 6.87. The third kappa shape index (κ3) is 3.71. The fourth-order valence-electron chi connectivity index (χ4n) is 1.85. The van der Waals surface area contributed by atoms with E-state index in [-0.39, 0.29) is 11.1 Å². The van der Waals surface area contributed by atoms with Gasteiger partial charge in [0.15, 0.2) is 0 Å². The number of thiophene rings is 1. The summed E-state index contributed by atoms with van der Waals surface area (Å²) in [7, 11) is 0. The molecule has 0 saturated carbocycles. The van der Waals surface area contributed by atoms with Gasteiger partial charge in [-0.3, -0.25) is 0 Å². The number of halogens is 3. The molecular weight excluding hydrogens is 320 g/mol. The topological polar surface area (TPSA) is 32.3 Å². The van der Waals surface area contributed by atoms with Crippen LogP contribution in [0.15, 0.2) is 29.0 Å². The minimum Gasteiger partial charge on any atom is -0.387 e. The lowest BCUT2D eigenvalue weighted by atomic mass is 10.1. The maximum absolute atomic E-state index is 13.5. The van der Waals surface area contributed by atoms with E-state index in [1.54, 1.807) is 0 Å². The number of rotatable bonds is 5. The van der Waals surface area contributed by atoms with Gasteiger partial charge in [-0.05, 0) is 47.0 Å². The van der Waals surface area contributed by atoms with Gasteiger partial charge < -0.3 is 10.4 Å². The van der Waals surface area contributed by atoms with Gasteiger partial charge in [0, 0.05) is 17.6 Å². The second-order valence-corrected chi connectivity index (χ2v) is 6.08. The molecule has 2 nitrogen and oxygen atoms in total. The van der Waals surface area contributed by atoms with E-state index in [2.05, 4.69) is 5.32 Å². The van der Waals surface area contributed by atoms with Crippen molar-refractivity contribution >= 4 is 34.5 Å². The molecule has 2 aromatic rings. The molecule has 2 atom stereocenters. The Morgan fingerprint density at radius 2 is 2.10 bits per heavy atom. The average molecular weight is 334 g/mol. The van der Waals surface area contributed by atoms with Crippen molar-refractivity contribution in [2.75, 3.05) is 6.54 Å². The third-order valence-electron chi connectivity index (χ3n) is 3.05. The highest BCUT2D eigenvalue weighted by Gasteiger charge is 2.15. The summed E-state index contributed by atoms with van der Waals surface area (Å²) in [5.41, 5.74) is 1.48. The van der Waals surface area contributed by atoms with E-state index in [1.807, 2.05) is 23.8 Å². The summed E-state index contributed by atoms with van der Waals surface area (Å²) < 4.78 is 13.5. The van der Waals surface area contributed by atoms with Crippen LogP contribution in [0.3, 0.4) is 0 Å². The average Bonchev–Trinajstić information content (AvgIpc) is 2.94. The van der Waals surface area contributed by atoms with Crippen molar-refractivity contribution in [3.05, 3.63) is 55.9 Å². The van der Waals surface area contributed by atoms with Crippen molar-refractivity contribution in [1.29, 1.82) is 0 Å². The zero-order valence-corrected chi connectivity index (χ0v) is 13.1. The summed E-state index contributed by atoms with van der Waals surface area (Å²) in [5, 5.41) is 17.3. The third-order valence-corrected chi connectivity index (χ3v) is 4.37. The van der Waals surface area contributed by atoms with Crippen LogP contribution in [0.4, 0.5) is 4.39 Å². The predicted octanol–water partition coefficient (Wildman–Crippen LogP) is 4.58. The summed E-state index contributed by atoms with van der Waals surface area (Å²) in [4.78, 5) is 0. The highest BCUT2D eigenvalue weighted by molar-refractivity contribution is 7.07. The first-order valence-electron chi connectivity index (χ1n) is 6.07. The Morgan fingerprint density at radius 1 is 1.35 bits per heavy atom. The highest BCUT2D eigenvalue weighted by atomic mass is 35.5. The summed E-state index contributed by atoms with van der Waals surface area (Å²) in [5.74, 6) is -0.502. The van der Waals surface area contributed by atoms with Crippen LogP contribution in [0.25, 0.3) is 0 Å². The van der Waals surface area contributed by atoms with Crippen molar-refractivity contribution < 1.29 is 9.50 Å². The molecule has 1 aromatic carbocycles. The van der Waals surface area contributed by atoms with Gasteiger partial charge >= 0.3 is 0 Å². The molecule has 0 aliphatic heterocycles. The van der Waals surface area contributed by atoms with Crippen molar-refractivity contribution in [2.24, 2.45) is 0 Å². The Bertz CT molecular complexity index is 577. The molecule has 20 heavy (non-hydrogen) atoms. The fraction of sp³-hybridized carbons (Fsp3) is 0.286. The SMILES string of the molecule is CC(NCC(O)c1ccsc1)c1cc(F)c(Cl)cc1Cl. The number of hydrogen-bond donors (Lipinski definition) is 2. The minimum absolute atomic E-state index is 0.00394. The molecule has 108 valence electrons. The molecule has 0 spiro atoms. The molecule has 1 aromatic heterocycles. The molecule has 0 aliphatic carbocycles. The predicted molar refractivity (Wildman–Crippen MR) is 82.1 cm³/mol. The summed E-state index contributed by atoms with van der Waals surface area (Å²) >= 11 is 13.3. The van der Waals surface area contributed by atoms with Gasteiger partial charge in [-0.2, -0.15) is 11.3 Å². The molecule has 6 heteroatoms.